The van der Waals surface area contributed by atoms with Gasteiger partial charge in [0.05, 0.1) is 12.5 Å². The molecule has 2 N–H and O–H groups in total. The van der Waals surface area contributed by atoms with E-state index in [1.165, 1.54) is 11.0 Å². The summed E-state index contributed by atoms with van der Waals surface area (Å²) >= 11 is 0. The van der Waals surface area contributed by atoms with Gasteiger partial charge in [-0.1, -0.05) is 19.9 Å². The molecule has 1 aliphatic rings. The molecule has 2 atom stereocenters. The van der Waals surface area contributed by atoms with E-state index in [9.17, 15) is 28.6 Å². The summed E-state index contributed by atoms with van der Waals surface area (Å²) in [6.07, 6.45) is -0.289. The van der Waals surface area contributed by atoms with Gasteiger partial charge in [0.2, 0.25) is 5.91 Å². The predicted molar refractivity (Wildman–Crippen MR) is 91.4 cm³/mol. The maximum Gasteiger partial charge on any atom is 0.314 e. The average molecular weight is 369 g/mol. The smallest absolute Gasteiger partial charge is 0.314 e. The standard InChI is InChI=1S/C19H25F2NO4/c1-12(2)5-7-19(18(25)26)11-22(8-6-16(19)23)17(24)9-13-3-4-14(20)10-15(13)21/h3-4,10,12,16,23H,5-9,11H2,1-2H3,(H,25,26)/t16-,19+/m0/s1. The van der Waals surface area contributed by atoms with Gasteiger partial charge >= 0.3 is 5.97 Å². The normalized spacial score (nSPS) is 23.3. The summed E-state index contributed by atoms with van der Waals surface area (Å²) < 4.78 is 26.8. The third-order valence-electron chi connectivity index (χ3n) is 5.09. The molecule has 0 radical (unpaired) electrons. The number of carboxylic acid groups (broad SMARTS) is 1. The van der Waals surface area contributed by atoms with E-state index in [1.807, 2.05) is 13.8 Å². The molecule has 0 aliphatic carbocycles. The maximum atomic E-state index is 13.8. The third-order valence-corrected chi connectivity index (χ3v) is 5.09. The summed E-state index contributed by atoms with van der Waals surface area (Å²) in [6, 6.07) is 3.01. The fraction of sp³-hybridized carbons (Fsp3) is 0.579. The van der Waals surface area contributed by atoms with Gasteiger partial charge in [-0.2, -0.15) is 0 Å². The van der Waals surface area contributed by atoms with E-state index >= 15 is 0 Å². The number of halogens is 2. The van der Waals surface area contributed by atoms with E-state index in [1.54, 1.807) is 0 Å². The quantitative estimate of drug-likeness (QED) is 0.808. The molecule has 1 aromatic carbocycles. The van der Waals surface area contributed by atoms with Crippen LogP contribution in [0.5, 0.6) is 0 Å². The maximum absolute atomic E-state index is 13.8. The van der Waals surface area contributed by atoms with Gasteiger partial charge in [0.15, 0.2) is 0 Å². The Kier molecular flexibility index (Phi) is 6.34. The van der Waals surface area contributed by atoms with Crippen LogP contribution in [-0.2, 0) is 16.0 Å². The highest BCUT2D eigenvalue weighted by molar-refractivity contribution is 5.81. The van der Waals surface area contributed by atoms with Crippen molar-refractivity contribution < 1.29 is 28.6 Å². The molecule has 0 unspecified atom stereocenters. The van der Waals surface area contributed by atoms with Crippen molar-refractivity contribution in [3.8, 4) is 0 Å². The second-order valence-electron chi connectivity index (χ2n) is 7.43. The molecule has 0 bridgehead atoms. The number of hydrogen-bond donors (Lipinski definition) is 2. The lowest BCUT2D eigenvalue weighted by atomic mass is 9.72. The van der Waals surface area contributed by atoms with Crippen molar-refractivity contribution in [2.24, 2.45) is 11.3 Å². The fourth-order valence-electron chi connectivity index (χ4n) is 3.34. The summed E-state index contributed by atoms with van der Waals surface area (Å²) in [4.78, 5) is 25.8. The second kappa shape index (κ2) is 8.12. The Morgan fingerprint density at radius 3 is 2.62 bits per heavy atom. The van der Waals surface area contributed by atoms with Crippen LogP contribution < -0.4 is 0 Å². The number of likely N-dealkylation sites (tertiary alicyclic amines) is 1. The first kappa shape index (κ1) is 20.3. The van der Waals surface area contributed by atoms with Gasteiger partial charge in [-0.15, -0.1) is 0 Å². The van der Waals surface area contributed by atoms with Crippen LogP contribution in [0.3, 0.4) is 0 Å². The van der Waals surface area contributed by atoms with Crippen LogP contribution >= 0.6 is 0 Å². The number of carboxylic acids is 1. The number of rotatable bonds is 6. The van der Waals surface area contributed by atoms with Crippen molar-refractivity contribution in [1.29, 1.82) is 0 Å². The summed E-state index contributed by atoms with van der Waals surface area (Å²) in [6.45, 7) is 4.02. The molecule has 1 aliphatic heterocycles. The topological polar surface area (TPSA) is 77.8 Å². The van der Waals surface area contributed by atoms with Gasteiger partial charge in [0, 0.05) is 19.2 Å². The van der Waals surface area contributed by atoms with Gasteiger partial charge < -0.3 is 15.1 Å². The zero-order chi connectivity index (χ0) is 19.5. The summed E-state index contributed by atoms with van der Waals surface area (Å²) in [5, 5.41) is 20.1. The van der Waals surface area contributed by atoms with Crippen LogP contribution in [0.1, 0.15) is 38.7 Å². The number of aliphatic hydroxyl groups is 1. The molecule has 7 heteroatoms. The van der Waals surface area contributed by atoms with Crippen LogP contribution in [0.15, 0.2) is 18.2 Å². The van der Waals surface area contributed by atoms with Gasteiger partial charge in [0.1, 0.15) is 17.0 Å². The Balaban J connectivity index is 2.16. The predicted octanol–water partition coefficient (Wildman–Crippen LogP) is 2.61. The highest BCUT2D eigenvalue weighted by atomic mass is 19.1. The molecule has 26 heavy (non-hydrogen) atoms. The van der Waals surface area contributed by atoms with E-state index in [0.29, 0.717) is 12.5 Å². The molecule has 0 spiro atoms. The lowest BCUT2D eigenvalue weighted by molar-refractivity contribution is -0.167. The molecule has 1 saturated heterocycles. The molecular weight excluding hydrogens is 344 g/mol. The van der Waals surface area contributed by atoms with E-state index < -0.39 is 35.0 Å². The largest absolute Gasteiger partial charge is 0.481 e. The minimum Gasteiger partial charge on any atom is -0.481 e. The first-order chi connectivity index (χ1) is 12.2. The number of aliphatic carboxylic acids is 1. The van der Waals surface area contributed by atoms with E-state index in [-0.39, 0.29) is 43.8 Å². The van der Waals surface area contributed by atoms with Gasteiger partial charge in [-0.3, -0.25) is 9.59 Å². The molecule has 1 fully saturated rings. The van der Waals surface area contributed by atoms with Crippen molar-refractivity contribution in [2.45, 2.75) is 45.6 Å². The number of benzene rings is 1. The minimum atomic E-state index is -1.42. The molecule has 0 aromatic heterocycles. The Morgan fingerprint density at radius 1 is 1.35 bits per heavy atom. The molecule has 1 amide bonds. The molecule has 2 rings (SSSR count). The summed E-state index contributed by atoms with van der Waals surface area (Å²) in [5.74, 6) is -2.83. The van der Waals surface area contributed by atoms with E-state index in [0.717, 1.165) is 6.07 Å². The van der Waals surface area contributed by atoms with Crippen LogP contribution in [0, 0.1) is 23.0 Å². The monoisotopic (exact) mass is 369 g/mol. The van der Waals surface area contributed by atoms with E-state index in [4.69, 9.17) is 0 Å². The van der Waals surface area contributed by atoms with Gasteiger partial charge in [-0.05, 0) is 36.8 Å². The van der Waals surface area contributed by atoms with Crippen molar-refractivity contribution in [1.82, 2.24) is 4.90 Å². The molecule has 144 valence electrons. The van der Waals surface area contributed by atoms with Crippen molar-refractivity contribution in [2.75, 3.05) is 13.1 Å². The molecule has 1 heterocycles. The van der Waals surface area contributed by atoms with Crippen molar-refractivity contribution in [3.05, 3.63) is 35.4 Å². The molecular formula is C19H25F2NO4. The average Bonchev–Trinajstić information content (AvgIpc) is 2.56. The van der Waals surface area contributed by atoms with Crippen LogP contribution in [0.2, 0.25) is 0 Å². The number of nitrogens with zero attached hydrogens (tertiary/aromatic N) is 1. The Bertz CT molecular complexity index is 680. The zero-order valence-electron chi connectivity index (χ0n) is 15.0. The van der Waals surface area contributed by atoms with Crippen LogP contribution in [0.4, 0.5) is 8.78 Å². The third kappa shape index (κ3) is 4.38. The molecule has 0 saturated carbocycles. The number of carbonyl (C=O) groups is 2. The van der Waals surface area contributed by atoms with Crippen LogP contribution in [-0.4, -0.2) is 46.2 Å². The van der Waals surface area contributed by atoms with Gasteiger partial charge in [0.25, 0.3) is 0 Å². The van der Waals surface area contributed by atoms with E-state index in [2.05, 4.69) is 0 Å². The minimum absolute atomic E-state index is 0.0608. The van der Waals surface area contributed by atoms with Crippen LogP contribution in [0.25, 0.3) is 0 Å². The number of amides is 1. The Morgan fingerprint density at radius 2 is 2.04 bits per heavy atom. The Hall–Kier alpha value is -2.02. The molecule has 1 aromatic rings. The zero-order valence-corrected chi connectivity index (χ0v) is 15.0. The summed E-state index contributed by atoms with van der Waals surface area (Å²) in [7, 11) is 0. The number of hydrogen-bond acceptors (Lipinski definition) is 3. The number of piperidine rings is 1. The first-order valence-corrected chi connectivity index (χ1v) is 8.79. The first-order valence-electron chi connectivity index (χ1n) is 8.79. The lowest BCUT2D eigenvalue weighted by Crippen LogP contribution is -2.57. The highest BCUT2D eigenvalue weighted by Gasteiger charge is 2.49. The van der Waals surface area contributed by atoms with Gasteiger partial charge in [-0.25, -0.2) is 8.78 Å². The second-order valence-corrected chi connectivity index (χ2v) is 7.43. The highest BCUT2D eigenvalue weighted by Crippen LogP contribution is 2.37. The lowest BCUT2D eigenvalue weighted by Gasteiger charge is -2.43. The fourth-order valence-corrected chi connectivity index (χ4v) is 3.34. The Labute approximate surface area is 151 Å². The number of aliphatic hydroxyl groups excluding tert-OH is 1. The molecule has 5 nitrogen and oxygen atoms in total. The summed E-state index contributed by atoms with van der Waals surface area (Å²) in [5.41, 5.74) is -1.36. The SMILES string of the molecule is CC(C)CC[C@@]1(C(=O)O)CN(C(=O)Cc2ccc(F)cc2F)CC[C@@H]1O. The van der Waals surface area contributed by atoms with Crippen molar-refractivity contribution in [3.63, 3.8) is 0 Å². The number of carbonyl (C=O) groups excluding carboxylic acids is 1. The van der Waals surface area contributed by atoms with Crippen molar-refractivity contribution >= 4 is 11.9 Å².